The van der Waals surface area contributed by atoms with Crippen molar-refractivity contribution in [3.8, 4) is 0 Å². The van der Waals surface area contributed by atoms with Gasteiger partial charge >= 0.3 is 6.09 Å². The number of benzene rings is 1. The Labute approximate surface area is 186 Å². The second-order valence-corrected chi connectivity index (χ2v) is 8.42. The fourth-order valence-corrected chi connectivity index (χ4v) is 2.96. The molecule has 0 radical (unpaired) electrons. The fourth-order valence-electron chi connectivity index (χ4n) is 2.96. The van der Waals surface area contributed by atoms with Gasteiger partial charge in [-0.15, -0.1) is 0 Å². The summed E-state index contributed by atoms with van der Waals surface area (Å²) in [5.74, 6) is 0.228. The third-order valence-corrected chi connectivity index (χ3v) is 4.42. The lowest BCUT2D eigenvalue weighted by molar-refractivity contribution is 0.0285. The molecule has 3 aromatic rings. The lowest BCUT2D eigenvalue weighted by Crippen LogP contribution is -2.33. The highest BCUT2D eigenvalue weighted by molar-refractivity contribution is 6.02. The van der Waals surface area contributed by atoms with Crippen LogP contribution < -0.4 is 10.9 Å². The predicted octanol–water partition coefficient (Wildman–Crippen LogP) is 4.11. The number of hydrogen-bond donors (Lipinski definition) is 1. The number of nitrogens with zero attached hydrogens (tertiary/aromatic N) is 2. The summed E-state index contributed by atoms with van der Waals surface area (Å²) in [6.45, 7) is 6.00. The number of hydrogen-bond acceptors (Lipinski definition) is 5. The number of rotatable bonds is 6. The second kappa shape index (κ2) is 9.55. The van der Waals surface area contributed by atoms with Gasteiger partial charge in [0.15, 0.2) is 5.76 Å². The van der Waals surface area contributed by atoms with E-state index in [-0.39, 0.29) is 17.9 Å². The summed E-state index contributed by atoms with van der Waals surface area (Å²) in [5, 5.41) is 2.79. The van der Waals surface area contributed by atoms with Crippen LogP contribution in [0.3, 0.4) is 0 Å². The average Bonchev–Trinajstić information content (AvgIpc) is 3.17. The van der Waals surface area contributed by atoms with E-state index in [9.17, 15) is 14.4 Å². The number of ether oxygens (including phenoxy) is 1. The first-order valence-corrected chi connectivity index (χ1v) is 10.2. The second-order valence-electron chi connectivity index (χ2n) is 8.42. The van der Waals surface area contributed by atoms with Crippen molar-refractivity contribution in [2.45, 2.75) is 39.5 Å². The van der Waals surface area contributed by atoms with Gasteiger partial charge in [-0.2, -0.15) is 0 Å². The minimum atomic E-state index is -0.572. The van der Waals surface area contributed by atoms with Crippen LogP contribution in [-0.2, 0) is 17.8 Å². The Morgan fingerprint density at radius 2 is 1.88 bits per heavy atom. The zero-order chi connectivity index (χ0) is 23.3. The van der Waals surface area contributed by atoms with Crippen molar-refractivity contribution < 1.29 is 18.7 Å². The van der Waals surface area contributed by atoms with Crippen LogP contribution in [-0.4, -0.2) is 34.1 Å². The minimum Gasteiger partial charge on any atom is -0.454 e. The molecule has 2 amide bonds. The molecule has 0 aliphatic carbocycles. The van der Waals surface area contributed by atoms with Gasteiger partial charge in [0.1, 0.15) is 11.4 Å². The number of carbonyl (C=O) groups is 2. The molecule has 8 nitrogen and oxygen atoms in total. The van der Waals surface area contributed by atoms with Crippen LogP contribution in [0.1, 0.15) is 42.6 Å². The van der Waals surface area contributed by atoms with Crippen molar-refractivity contribution in [2.75, 3.05) is 12.4 Å². The Morgan fingerprint density at radius 1 is 1.09 bits per heavy atom. The van der Waals surface area contributed by atoms with Crippen molar-refractivity contribution in [1.82, 2.24) is 9.47 Å². The van der Waals surface area contributed by atoms with Gasteiger partial charge in [-0.25, -0.2) is 4.79 Å². The number of carbonyl (C=O) groups excluding carboxylic acids is 2. The summed E-state index contributed by atoms with van der Waals surface area (Å²) in [7, 11) is 1.65. The number of furan rings is 1. The molecule has 32 heavy (non-hydrogen) atoms. The van der Waals surface area contributed by atoms with E-state index < -0.39 is 17.6 Å². The molecular weight excluding hydrogens is 410 g/mol. The van der Waals surface area contributed by atoms with Gasteiger partial charge in [0.2, 0.25) is 0 Å². The summed E-state index contributed by atoms with van der Waals surface area (Å²) < 4.78 is 12.5. The fraction of sp³-hybridized carbons (Fsp3) is 0.292. The van der Waals surface area contributed by atoms with E-state index in [1.54, 1.807) is 55.7 Å². The Balaban J connectivity index is 1.62. The molecule has 0 aliphatic heterocycles. The zero-order valence-electron chi connectivity index (χ0n) is 18.6. The number of amides is 2. The Kier molecular flexibility index (Phi) is 6.82. The van der Waals surface area contributed by atoms with Crippen molar-refractivity contribution in [3.63, 3.8) is 0 Å². The molecule has 0 unspecified atom stereocenters. The van der Waals surface area contributed by atoms with Crippen LogP contribution in [0.4, 0.5) is 10.5 Å². The van der Waals surface area contributed by atoms with Crippen LogP contribution in [0, 0.1) is 0 Å². The third-order valence-electron chi connectivity index (χ3n) is 4.42. The Morgan fingerprint density at radius 3 is 2.59 bits per heavy atom. The van der Waals surface area contributed by atoms with Crippen LogP contribution in [0.2, 0.25) is 0 Å². The maximum Gasteiger partial charge on any atom is 0.410 e. The van der Waals surface area contributed by atoms with E-state index in [1.165, 1.54) is 15.5 Å². The maximum absolute atomic E-state index is 12.6. The number of pyridine rings is 1. The van der Waals surface area contributed by atoms with Crippen LogP contribution in [0.5, 0.6) is 0 Å². The highest BCUT2D eigenvalue weighted by Gasteiger charge is 2.20. The highest BCUT2D eigenvalue weighted by Crippen LogP contribution is 2.17. The smallest absolute Gasteiger partial charge is 0.410 e. The lowest BCUT2D eigenvalue weighted by Gasteiger charge is -2.24. The minimum absolute atomic E-state index is 0.139. The first kappa shape index (κ1) is 22.9. The molecule has 2 aromatic heterocycles. The van der Waals surface area contributed by atoms with Crippen LogP contribution in [0.25, 0.3) is 0 Å². The largest absolute Gasteiger partial charge is 0.454 e. The van der Waals surface area contributed by atoms with Crippen molar-refractivity contribution >= 4 is 17.7 Å². The summed E-state index contributed by atoms with van der Waals surface area (Å²) in [4.78, 5) is 38.1. The van der Waals surface area contributed by atoms with E-state index in [2.05, 4.69) is 5.32 Å². The first-order valence-electron chi connectivity index (χ1n) is 10.2. The molecule has 0 atom stereocenters. The van der Waals surface area contributed by atoms with Gasteiger partial charge in [0.25, 0.3) is 11.5 Å². The van der Waals surface area contributed by atoms with E-state index in [4.69, 9.17) is 9.15 Å². The number of nitrogens with one attached hydrogen (secondary N) is 1. The zero-order valence-corrected chi connectivity index (χ0v) is 18.6. The predicted molar refractivity (Wildman–Crippen MR) is 121 cm³/mol. The van der Waals surface area contributed by atoms with Gasteiger partial charge < -0.3 is 23.9 Å². The third kappa shape index (κ3) is 6.34. The van der Waals surface area contributed by atoms with Crippen LogP contribution >= 0.6 is 0 Å². The first-order chi connectivity index (χ1) is 15.1. The molecule has 8 heteroatoms. The van der Waals surface area contributed by atoms with Gasteiger partial charge in [0, 0.05) is 31.5 Å². The Bertz CT molecular complexity index is 1160. The number of aromatic nitrogens is 1. The van der Waals surface area contributed by atoms with E-state index >= 15 is 0 Å². The van der Waals surface area contributed by atoms with E-state index in [0.717, 1.165) is 5.56 Å². The maximum atomic E-state index is 12.6. The monoisotopic (exact) mass is 437 g/mol. The molecule has 0 saturated carbocycles. The molecule has 0 aliphatic rings. The number of anilines is 1. The summed E-state index contributed by atoms with van der Waals surface area (Å²) in [6.07, 6.45) is 1.23. The van der Waals surface area contributed by atoms with Gasteiger partial charge in [-0.05, 0) is 56.7 Å². The van der Waals surface area contributed by atoms with Crippen molar-refractivity contribution in [1.29, 1.82) is 0 Å². The van der Waals surface area contributed by atoms with E-state index in [1.807, 2.05) is 26.8 Å². The molecular formula is C24H27N3O5. The van der Waals surface area contributed by atoms with Gasteiger partial charge in [-0.1, -0.05) is 18.2 Å². The van der Waals surface area contributed by atoms with Gasteiger partial charge in [0.05, 0.1) is 6.54 Å². The molecule has 2 heterocycles. The normalized spacial score (nSPS) is 11.1. The van der Waals surface area contributed by atoms with Crippen molar-refractivity contribution in [2.24, 2.45) is 0 Å². The lowest BCUT2D eigenvalue weighted by atomic mass is 10.2. The van der Waals surface area contributed by atoms with Crippen LogP contribution in [0.15, 0.2) is 70.0 Å². The molecule has 1 N–H and O–H groups in total. The summed E-state index contributed by atoms with van der Waals surface area (Å²) in [6, 6.07) is 15.3. The molecule has 0 bridgehead atoms. The quantitative estimate of drug-likeness (QED) is 0.626. The molecule has 0 saturated heterocycles. The van der Waals surface area contributed by atoms with Crippen molar-refractivity contribution in [3.05, 3.63) is 88.2 Å². The molecule has 0 fully saturated rings. The Hall–Kier alpha value is -3.81. The molecule has 168 valence electrons. The topological polar surface area (TPSA) is 93.8 Å². The molecule has 0 spiro atoms. The molecule has 3 rings (SSSR count). The van der Waals surface area contributed by atoms with E-state index in [0.29, 0.717) is 18.0 Å². The summed E-state index contributed by atoms with van der Waals surface area (Å²) in [5.41, 5.74) is 0.683. The summed E-state index contributed by atoms with van der Waals surface area (Å²) >= 11 is 0. The standard InChI is InChI=1S/C24H27N3O5/c1-24(2,3)32-23(30)26(4)15-17-8-7-9-18(14-17)25-22(29)20-12-11-19(31-20)16-27-13-6-5-10-21(27)28/h5-14H,15-16H2,1-4H3,(H,25,29). The highest BCUT2D eigenvalue weighted by atomic mass is 16.6. The molecule has 1 aromatic carbocycles. The van der Waals surface area contributed by atoms with Gasteiger partial charge in [-0.3, -0.25) is 9.59 Å². The average molecular weight is 437 g/mol. The SMILES string of the molecule is CN(Cc1cccc(NC(=O)c2ccc(Cn3ccccc3=O)o2)c1)C(=O)OC(C)(C)C.